The molecule has 122 valence electrons. The molecular weight excluding hydrogens is 302 g/mol. The van der Waals surface area contributed by atoms with Gasteiger partial charge in [-0.1, -0.05) is 6.42 Å². The Morgan fingerprint density at radius 2 is 1.95 bits per heavy atom. The quantitative estimate of drug-likeness (QED) is 0.864. The first-order valence-electron chi connectivity index (χ1n) is 7.77. The molecule has 2 bridgehead atoms. The van der Waals surface area contributed by atoms with E-state index in [9.17, 15) is 9.59 Å². The molecule has 2 atom stereocenters. The van der Waals surface area contributed by atoms with E-state index in [0.29, 0.717) is 17.4 Å². The number of hydrogen-bond donors (Lipinski definition) is 2. The van der Waals surface area contributed by atoms with Crippen LogP contribution < -0.4 is 16.6 Å². The minimum Gasteiger partial charge on any atom is -0.349 e. The topological polar surface area (TPSA) is 77.1 Å². The third kappa shape index (κ3) is 3.36. The van der Waals surface area contributed by atoms with Crippen molar-refractivity contribution < 1.29 is 4.79 Å². The van der Waals surface area contributed by atoms with Crippen molar-refractivity contribution in [3.05, 3.63) is 34.2 Å². The number of nitrogens with zero attached hydrogens (tertiary/aromatic N) is 1. The Morgan fingerprint density at radius 3 is 2.55 bits per heavy atom. The monoisotopic (exact) mass is 325 g/mol. The van der Waals surface area contributed by atoms with E-state index in [4.69, 9.17) is 5.73 Å². The van der Waals surface area contributed by atoms with Crippen LogP contribution in [0.4, 0.5) is 0 Å². The highest BCUT2D eigenvalue weighted by Crippen LogP contribution is 2.39. The fraction of sp³-hybridized carbons (Fsp3) is 0.625. The van der Waals surface area contributed by atoms with Gasteiger partial charge >= 0.3 is 0 Å². The maximum Gasteiger partial charge on any atom is 0.251 e. The van der Waals surface area contributed by atoms with E-state index in [1.807, 2.05) is 0 Å². The molecule has 2 fully saturated rings. The summed E-state index contributed by atoms with van der Waals surface area (Å²) in [7, 11) is 1.68. The van der Waals surface area contributed by atoms with Gasteiger partial charge in [0.1, 0.15) is 0 Å². The lowest BCUT2D eigenvalue weighted by Gasteiger charge is -2.45. The third-order valence-corrected chi connectivity index (χ3v) is 5.04. The average Bonchev–Trinajstić information content (AvgIpc) is 2.42. The Hall–Kier alpha value is -1.33. The smallest absolute Gasteiger partial charge is 0.251 e. The Bertz CT molecular complexity index is 587. The summed E-state index contributed by atoms with van der Waals surface area (Å²) in [4.78, 5) is 24.0. The van der Waals surface area contributed by atoms with E-state index in [-0.39, 0.29) is 36.0 Å². The van der Waals surface area contributed by atoms with Crippen molar-refractivity contribution in [2.75, 3.05) is 0 Å². The minimum absolute atomic E-state index is 0. The van der Waals surface area contributed by atoms with Crippen molar-refractivity contribution in [1.29, 1.82) is 0 Å². The van der Waals surface area contributed by atoms with Gasteiger partial charge in [0.05, 0.1) is 0 Å². The molecule has 0 radical (unpaired) electrons. The number of rotatable bonds is 2. The third-order valence-electron chi connectivity index (χ3n) is 5.04. The maximum atomic E-state index is 12.4. The van der Waals surface area contributed by atoms with Crippen LogP contribution in [0.1, 0.15) is 42.5 Å². The predicted molar refractivity (Wildman–Crippen MR) is 88.2 cm³/mol. The largest absolute Gasteiger partial charge is 0.349 e. The molecule has 1 amide bonds. The SMILES string of the molecule is Cl.Cn1ccc(C(=O)NC2C3CCCC2CC(N)C3)cc1=O. The van der Waals surface area contributed by atoms with Gasteiger partial charge in [-0.2, -0.15) is 0 Å². The van der Waals surface area contributed by atoms with Gasteiger partial charge in [-0.05, 0) is 43.6 Å². The minimum atomic E-state index is -0.159. The van der Waals surface area contributed by atoms with E-state index in [2.05, 4.69) is 5.32 Å². The van der Waals surface area contributed by atoms with Gasteiger partial charge in [0.25, 0.3) is 11.5 Å². The van der Waals surface area contributed by atoms with Crippen LogP contribution in [0.2, 0.25) is 0 Å². The molecule has 0 aliphatic heterocycles. The number of aryl methyl sites for hydroxylation is 1. The number of carbonyl (C=O) groups excluding carboxylic acids is 1. The highest BCUT2D eigenvalue weighted by atomic mass is 35.5. The van der Waals surface area contributed by atoms with Crippen molar-refractivity contribution in [3.8, 4) is 0 Å². The van der Waals surface area contributed by atoms with Gasteiger partial charge in [0.15, 0.2) is 0 Å². The molecule has 1 aromatic heterocycles. The maximum absolute atomic E-state index is 12.4. The van der Waals surface area contributed by atoms with Gasteiger partial charge in [0, 0.05) is 37.0 Å². The fourth-order valence-electron chi connectivity index (χ4n) is 3.95. The standard InChI is InChI=1S/C16H23N3O2.ClH/c1-19-6-5-12(9-14(19)20)16(21)18-15-10-3-2-4-11(15)8-13(17)7-10;/h5-6,9-11,13,15H,2-4,7-8,17H2,1H3,(H,18,21);1H. The second-order valence-corrected chi connectivity index (χ2v) is 6.55. The zero-order valence-corrected chi connectivity index (χ0v) is 13.6. The van der Waals surface area contributed by atoms with E-state index in [1.165, 1.54) is 17.1 Å². The van der Waals surface area contributed by atoms with E-state index in [1.54, 1.807) is 19.3 Å². The number of hydrogen-bond acceptors (Lipinski definition) is 3. The molecule has 0 saturated heterocycles. The summed E-state index contributed by atoms with van der Waals surface area (Å²) in [6.45, 7) is 0. The number of aromatic nitrogens is 1. The molecule has 5 nitrogen and oxygen atoms in total. The zero-order valence-electron chi connectivity index (χ0n) is 12.8. The van der Waals surface area contributed by atoms with Crippen molar-refractivity contribution >= 4 is 18.3 Å². The second-order valence-electron chi connectivity index (χ2n) is 6.55. The summed E-state index contributed by atoms with van der Waals surface area (Å²) >= 11 is 0. The molecule has 2 aliphatic carbocycles. The van der Waals surface area contributed by atoms with Gasteiger partial charge in [-0.25, -0.2) is 0 Å². The first kappa shape index (κ1) is 17.0. The average molecular weight is 326 g/mol. The highest BCUT2D eigenvalue weighted by Gasteiger charge is 2.39. The van der Waals surface area contributed by atoms with Crippen LogP contribution >= 0.6 is 12.4 Å². The summed E-state index contributed by atoms with van der Waals surface area (Å²) in [6.07, 6.45) is 7.16. The highest BCUT2D eigenvalue weighted by molar-refractivity contribution is 5.94. The van der Waals surface area contributed by atoms with Crippen molar-refractivity contribution in [1.82, 2.24) is 9.88 Å². The van der Waals surface area contributed by atoms with Crippen LogP contribution in [0.15, 0.2) is 23.1 Å². The van der Waals surface area contributed by atoms with E-state index in [0.717, 1.165) is 25.7 Å². The van der Waals surface area contributed by atoms with E-state index < -0.39 is 0 Å². The molecular formula is C16H24ClN3O2. The summed E-state index contributed by atoms with van der Waals surface area (Å²) in [5.41, 5.74) is 6.40. The van der Waals surface area contributed by atoms with Gasteiger partial charge in [-0.15, -0.1) is 12.4 Å². The van der Waals surface area contributed by atoms with Crippen LogP contribution in [-0.4, -0.2) is 22.6 Å². The molecule has 2 unspecified atom stereocenters. The second kappa shape index (κ2) is 6.84. The summed E-state index contributed by atoms with van der Waals surface area (Å²) in [5, 5.41) is 3.16. The number of fused-ring (bicyclic) bond motifs is 2. The normalized spacial score (nSPS) is 30.3. The van der Waals surface area contributed by atoms with Crippen LogP contribution in [0.25, 0.3) is 0 Å². The number of halogens is 1. The summed E-state index contributed by atoms with van der Waals surface area (Å²) in [5.74, 6) is 0.844. The Balaban J connectivity index is 0.00000176. The van der Waals surface area contributed by atoms with E-state index >= 15 is 0 Å². The lowest BCUT2D eigenvalue weighted by molar-refractivity contribution is 0.0755. The van der Waals surface area contributed by atoms with Crippen molar-refractivity contribution in [2.45, 2.75) is 44.2 Å². The molecule has 2 aliphatic rings. The Morgan fingerprint density at radius 1 is 1.32 bits per heavy atom. The molecule has 1 aromatic rings. The van der Waals surface area contributed by atoms with Crippen molar-refractivity contribution in [2.24, 2.45) is 24.6 Å². The molecule has 3 rings (SSSR count). The molecule has 0 spiro atoms. The summed E-state index contributed by atoms with van der Waals surface area (Å²) in [6, 6.07) is 3.59. The first-order valence-corrected chi connectivity index (χ1v) is 7.77. The van der Waals surface area contributed by atoms with Gasteiger partial charge < -0.3 is 15.6 Å². The number of nitrogens with two attached hydrogens (primary N) is 1. The summed E-state index contributed by atoms with van der Waals surface area (Å²) < 4.78 is 1.46. The lowest BCUT2D eigenvalue weighted by Crippen LogP contribution is -2.53. The Labute approximate surface area is 136 Å². The van der Waals surface area contributed by atoms with Crippen LogP contribution in [0, 0.1) is 11.8 Å². The Kier molecular flexibility index (Phi) is 5.29. The van der Waals surface area contributed by atoms with Crippen LogP contribution in [0.3, 0.4) is 0 Å². The lowest BCUT2D eigenvalue weighted by atomic mass is 9.67. The molecule has 1 heterocycles. The molecule has 6 heteroatoms. The number of carbonyl (C=O) groups is 1. The fourth-order valence-corrected chi connectivity index (χ4v) is 3.95. The molecule has 0 aromatic carbocycles. The van der Waals surface area contributed by atoms with Gasteiger partial charge in [0.2, 0.25) is 0 Å². The molecule has 22 heavy (non-hydrogen) atoms. The molecule has 2 saturated carbocycles. The number of amides is 1. The number of nitrogens with one attached hydrogen (secondary N) is 1. The number of pyridine rings is 1. The van der Waals surface area contributed by atoms with Crippen molar-refractivity contribution in [3.63, 3.8) is 0 Å². The zero-order chi connectivity index (χ0) is 15.0. The van der Waals surface area contributed by atoms with Gasteiger partial charge in [-0.3, -0.25) is 9.59 Å². The predicted octanol–water partition coefficient (Wildman–Crippen LogP) is 1.44. The molecule has 3 N–H and O–H groups in total. The first-order chi connectivity index (χ1) is 10.0. The van der Waals surface area contributed by atoms with Crippen LogP contribution in [-0.2, 0) is 7.05 Å². The van der Waals surface area contributed by atoms with Crippen LogP contribution in [0.5, 0.6) is 0 Å².